The molecule has 2 rings (SSSR count). The van der Waals surface area contributed by atoms with Crippen molar-refractivity contribution in [2.45, 2.75) is 19.4 Å². The van der Waals surface area contributed by atoms with Crippen LogP contribution in [0, 0.1) is 4.64 Å². The van der Waals surface area contributed by atoms with E-state index >= 15 is 0 Å². The normalized spacial score (nSPS) is 10.9. The summed E-state index contributed by atoms with van der Waals surface area (Å²) < 4.78 is 0.550. The molecule has 0 aliphatic rings. The van der Waals surface area contributed by atoms with Crippen molar-refractivity contribution in [1.29, 1.82) is 0 Å². The van der Waals surface area contributed by atoms with E-state index in [2.05, 4.69) is 26.5 Å². The Hall–Kier alpha value is -1.33. The van der Waals surface area contributed by atoms with Crippen LogP contribution in [0.3, 0.4) is 0 Å². The molecule has 140 valence electrons. The van der Waals surface area contributed by atoms with Crippen molar-refractivity contribution in [3.05, 3.63) is 22.0 Å². The van der Waals surface area contributed by atoms with Crippen LogP contribution >= 0.6 is 47.2 Å². The molecule has 7 N–H and O–H groups in total. The van der Waals surface area contributed by atoms with Gasteiger partial charge in [0.05, 0.1) is 10.8 Å². The maximum absolute atomic E-state index is 10.2. The van der Waals surface area contributed by atoms with E-state index in [4.69, 9.17) is 52.0 Å². The number of imidazole rings is 1. The van der Waals surface area contributed by atoms with E-state index in [-0.39, 0.29) is 10.4 Å². The lowest BCUT2D eigenvalue weighted by Gasteiger charge is -2.03. The lowest BCUT2D eigenvalue weighted by molar-refractivity contribution is -0.138. The Morgan fingerprint density at radius 2 is 2.16 bits per heavy atom. The average molecular weight is 427 g/mol. The van der Waals surface area contributed by atoms with Crippen LogP contribution < -0.4 is 11.5 Å². The van der Waals surface area contributed by atoms with E-state index in [1.807, 2.05) is 6.92 Å². The summed E-state index contributed by atoms with van der Waals surface area (Å²) in [5, 5.41) is 8.35. The van der Waals surface area contributed by atoms with Crippen LogP contribution in [0.15, 0.2) is 17.4 Å². The minimum absolute atomic E-state index is 0.111. The van der Waals surface area contributed by atoms with Crippen molar-refractivity contribution in [1.82, 2.24) is 19.9 Å². The summed E-state index contributed by atoms with van der Waals surface area (Å²) in [5.74, 6) is 1.24. The molecule has 0 amide bonds. The number of carboxylic acid groups (broad SMARTS) is 1. The number of hydrogen-bond donors (Lipinski definition) is 5. The monoisotopic (exact) mass is 426 g/mol. The largest absolute Gasteiger partial charge is 0.480 e. The highest BCUT2D eigenvalue weighted by molar-refractivity contribution is 7.99. The van der Waals surface area contributed by atoms with Gasteiger partial charge in [-0.3, -0.25) is 4.79 Å². The molecule has 2 aromatic rings. The molecule has 0 saturated heterocycles. The fourth-order valence-corrected chi connectivity index (χ4v) is 2.31. The molecule has 25 heavy (non-hydrogen) atoms. The summed E-state index contributed by atoms with van der Waals surface area (Å²) in [7, 11) is 0. The molecule has 0 aromatic carbocycles. The van der Waals surface area contributed by atoms with Gasteiger partial charge in [0.1, 0.15) is 11.6 Å². The van der Waals surface area contributed by atoms with Gasteiger partial charge in [-0.05, 0) is 17.9 Å². The number of nitrogens with one attached hydrogen (secondary N) is 2. The van der Waals surface area contributed by atoms with E-state index in [9.17, 15) is 4.79 Å². The Kier molecular flexibility index (Phi) is 12.3. The van der Waals surface area contributed by atoms with Crippen LogP contribution in [-0.2, 0) is 4.79 Å². The third-order valence-corrected chi connectivity index (χ3v) is 3.64. The second kappa shape index (κ2) is 13.0. The summed E-state index contributed by atoms with van der Waals surface area (Å²) in [4.78, 5) is 23.6. The number of nitrogens with zero attached hydrogens (tertiary/aromatic N) is 2. The molecular weight excluding hydrogens is 407 g/mol. The number of aromatic nitrogens is 4. The number of nitrogens with two attached hydrogens (primary N) is 2. The van der Waals surface area contributed by atoms with Gasteiger partial charge < -0.3 is 26.5 Å². The summed E-state index contributed by atoms with van der Waals surface area (Å²) >= 11 is 16.3. The number of H-pyrrole nitrogens is 2. The zero-order valence-electron chi connectivity index (χ0n) is 13.5. The highest BCUT2D eigenvalue weighted by Crippen LogP contribution is 2.06. The van der Waals surface area contributed by atoms with Crippen LogP contribution in [0.4, 0.5) is 5.95 Å². The van der Waals surface area contributed by atoms with E-state index in [0.29, 0.717) is 22.2 Å². The van der Waals surface area contributed by atoms with E-state index < -0.39 is 12.0 Å². The molecule has 0 aliphatic carbocycles. The molecule has 8 nitrogen and oxygen atoms in total. The van der Waals surface area contributed by atoms with Crippen LogP contribution in [0.25, 0.3) is 11.2 Å². The fourth-order valence-electron chi connectivity index (χ4n) is 1.34. The van der Waals surface area contributed by atoms with Crippen LogP contribution in [0.5, 0.6) is 0 Å². The van der Waals surface area contributed by atoms with Crippen molar-refractivity contribution in [2.75, 3.05) is 17.2 Å². The number of anilines is 1. The summed E-state index contributed by atoms with van der Waals surface area (Å²) in [5.41, 5.74) is 12.0. The van der Waals surface area contributed by atoms with Crippen LogP contribution in [0.1, 0.15) is 13.3 Å². The number of carboxylic acids is 1. The van der Waals surface area contributed by atoms with Gasteiger partial charge in [-0.2, -0.15) is 11.8 Å². The van der Waals surface area contributed by atoms with Gasteiger partial charge in [0, 0.05) is 0 Å². The number of aromatic amines is 2. The topological polar surface area (TPSA) is 147 Å². The molecule has 2 heterocycles. The third-order valence-electron chi connectivity index (χ3n) is 2.42. The van der Waals surface area contributed by atoms with Gasteiger partial charge in [0.15, 0.2) is 10.3 Å². The van der Waals surface area contributed by atoms with E-state index in [1.165, 1.54) is 6.33 Å². The molecule has 2 aromatic heterocycles. The minimum Gasteiger partial charge on any atom is -0.480 e. The Balaban J connectivity index is 0.000000384. The van der Waals surface area contributed by atoms with Gasteiger partial charge in [-0.1, -0.05) is 48.9 Å². The Bertz CT molecular complexity index is 733. The van der Waals surface area contributed by atoms with Crippen molar-refractivity contribution in [2.24, 2.45) is 5.73 Å². The van der Waals surface area contributed by atoms with Crippen molar-refractivity contribution >= 4 is 70.3 Å². The lowest BCUT2D eigenvalue weighted by Crippen LogP contribution is -2.30. The van der Waals surface area contributed by atoms with Crippen LogP contribution in [-0.4, -0.2) is 48.6 Å². The maximum Gasteiger partial charge on any atom is 0.320 e. The first-order valence-electron chi connectivity index (χ1n) is 6.93. The van der Waals surface area contributed by atoms with Gasteiger partial charge in [-0.15, -0.1) is 0 Å². The molecule has 12 heteroatoms. The fraction of sp³-hybridized carbons (Fsp3) is 0.385. The van der Waals surface area contributed by atoms with E-state index in [0.717, 1.165) is 11.5 Å². The van der Waals surface area contributed by atoms with Gasteiger partial charge in [0.2, 0.25) is 5.95 Å². The molecular formula is C13H20Cl2N6O2S2. The van der Waals surface area contributed by atoms with Crippen molar-refractivity contribution in [3.8, 4) is 0 Å². The number of rotatable bonds is 5. The average Bonchev–Trinajstić information content (AvgIpc) is 2.96. The molecule has 0 fully saturated rings. The standard InChI is InChI=1S/C6H13NO2S.C5H5N5S.C2H2Cl2/c1-2-10-4-3-5(7)6(8)9;6-5-9-3-2(4(11)10-5)7-1-8-3;1-2(3)4/h5H,2-4,7H2,1H3,(H,8,9);1H,(H4,6,7,8,9,10,11);1H2. The second-order valence-electron chi connectivity index (χ2n) is 4.32. The van der Waals surface area contributed by atoms with Gasteiger partial charge >= 0.3 is 5.97 Å². The summed E-state index contributed by atoms with van der Waals surface area (Å²) in [6.45, 7) is 5.13. The lowest BCUT2D eigenvalue weighted by atomic mass is 10.2. The number of carbonyl (C=O) groups is 1. The molecule has 0 bridgehead atoms. The SMILES string of the molecule is C=C(Cl)Cl.CCSCCC(N)C(=O)O.Nc1nc(=S)c2[nH]cnc2[nH]1. The number of fused-ring (bicyclic) bond motifs is 1. The van der Waals surface area contributed by atoms with Crippen LogP contribution in [0.2, 0.25) is 0 Å². The summed E-state index contributed by atoms with van der Waals surface area (Å²) in [6.07, 6.45) is 2.10. The molecule has 0 radical (unpaired) electrons. The highest BCUT2D eigenvalue weighted by atomic mass is 35.5. The van der Waals surface area contributed by atoms with Crippen molar-refractivity contribution in [3.63, 3.8) is 0 Å². The number of aliphatic carboxylic acids is 1. The van der Waals surface area contributed by atoms with Crippen molar-refractivity contribution < 1.29 is 9.90 Å². The minimum atomic E-state index is -0.906. The number of halogens is 2. The highest BCUT2D eigenvalue weighted by Gasteiger charge is 2.09. The van der Waals surface area contributed by atoms with E-state index in [1.54, 1.807) is 11.8 Å². The van der Waals surface area contributed by atoms with Gasteiger partial charge in [0.25, 0.3) is 0 Å². The number of hydrogen-bond acceptors (Lipinski definition) is 7. The quantitative estimate of drug-likeness (QED) is 0.361. The molecule has 1 atom stereocenters. The second-order valence-corrected chi connectivity index (χ2v) is 7.21. The smallest absolute Gasteiger partial charge is 0.320 e. The first kappa shape index (κ1) is 23.7. The Morgan fingerprint density at radius 3 is 2.68 bits per heavy atom. The zero-order chi connectivity index (χ0) is 19.4. The third kappa shape index (κ3) is 11.0. The predicted octanol–water partition coefficient (Wildman–Crippen LogP) is 3.07. The Labute approximate surface area is 164 Å². The first-order valence-corrected chi connectivity index (χ1v) is 9.25. The predicted molar refractivity (Wildman–Crippen MR) is 108 cm³/mol. The number of thioether (sulfide) groups is 1. The molecule has 0 aliphatic heterocycles. The maximum atomic E-state index is 10.2. The molecule has 0 spiro atoms. The first-order chi connectivity index (χ1) is 11.7. The summed E-state index contributed by atoms with van der Waals surface area (Å²) in [6, 6.07) is -0.681. The number of nitrogen functional groups attached to an aromatic ring is 1. The Morgan fingerprint density at radius 1 is 1.56 bits per heavy atom. The zero-order valence-corrected chi connectivity index (χ0v) is 16.6. The van der Waals surface area contributed by atoms with Gasteiger partial charge in [-0.25, -0.2) is 9.97 Å². The molecule has 0 saturated carbocycles. The molecule has 1 unspecified atom stereocenters.